The van der Waals surface area contributed by atoms with Crippen molar-refractivity contribution in [2.45, 2.75) is 22.4 Å². The van der Waals surface area contributed by atoms with Crippen molar-refractivity contribution in [3.05, 3.63) is 98.5 Å². The highest BCUT2D eigenvalue weighted by atomic mass is 32.2. The molecule has 0 saturated carbocycles. The van der Waals surface area contributed by atoms with Gasteiger partial charge in [-0.05, 0) is 60.2 Å². The number of nitrogens with zero attached hydrogens (tertiary/aromatic N) is 1. The lowest BCUT2D eigenvalue weighted by molar-refractivity contribution is -0.137. The minimum Gasteiger partial charge on any atom is -0.508 e. The van der Waals surface area contributed by atoms with Crippen molar-refractivity contribution in [1.82, 2.24) is 4.98 Å². The monoisotopic (exact) mass is 627 g/mol. The molecule has 3 aromatic carbocycles. The molecule has 3 atom stereocenters. The van der Waals surface area contributed by atoms with Gasteiger partial charge in [0, 0.05) is 16.5 Å². The third kappa shape index (κ3) is 5.50. The fourth-order valence-electron chi connectivity index (χ4n) is 5.14. The Hall–Kier alpha value is -4.56. The molecular weight excluding hydrogens is 607 g/mol. The summed E-state index contributed by atoms with van der Waals surface area (Å²) in [7, 11) is 0. The molecule has 3 amide bonds. The summed E-state index contributed by atoms with van der Waals surface area (Å²) in [5, 5.41) is 11.4. The van der Waals surface area contributed by atoms with E-state index >= 15 is 0 Å². The van der Waals surface area contributed by atoms with E-state index in [1.54, 1.807) is 24.3 Å². The van der Waals surface area contributed by atoms with Crippen LogP contribution in [-0.4, -0.2) is 39.7 Å². The van der Waals surface area contributed by atoms with Gasteiger partial charge in [0.05, 0.1) is 22.2 Å². The van der Waals surface area contributed by atoms with Crippen LogP contribution in [0, 0.1) is 5.92 Å². The second kappa shape index (κ2) is 10.9. The molecule has 43 heavy (non-hydrogen) atoms. The third-order valence-electron chi connectivity index (χ3n) is 6.99. The first-order valence-electron chi connectivity index (χ1n) is 12.8. The molecular formula is C29H20F3N3O6S2. The number of halogens is 3. The van der Waals surface area contributed by atoms with E-state index in [1.807, 2.05) is 0 Å². The molecule has 1 aromatic heterocycles. The number of hydrogen-bond acceptors (Lipinski definition) is 8. The van der Waals surface area contributed by atoms with Crippen LogP contribution in [0.4, 0.5) is 24.5 Å². The molecule has 3 heterocycles. The predicted octanol–water partition coefficient (Wildman–Crippen LogP) is 4.97. The molecule has 2 unspecified atom stereocenters. The van der Waals surface area contributed by atoms with Gasteiger partial charge in [0.25, 0.3) is 5.91 Å². The van der Waals surface area contributed by atoms with E-state index < -0.39 is 46.5 Å². The Morgan fingerprint density at radius 2 is 1.74 bits per heavy atom. The van der Waals surface area contributed by atoms with Gasteiger partial charge in [-0.15, -0.1) is 0 Å². The van der Waals surface area contributed by atoms with Crippen LogP contribution in [0.15, 0.2) is 82.6 Å². The van der Waals surface area contributed by atoms with Gasteiger partial charge in [-0.3, -0.25) is 19.2 Å². The summed E-state index contributed by atoms with van der Waals surface area (Å²) in [5.74, 6) is -3.30. The van der Waals surface area contributed by atoms with Crippen LogP contribution in [0.5, 0.6) is 11.5 Å². The van der Waals surface area contributed by atoms with Crippen molar-refractivity contribution in [1.29, 1.82) is 0 Å². The molecule has 3 N–H and O–H groups in total. The molecule has 2 aliphatic heterocycles. The Morgan fingerprint density at radius 3 is 2.49 bits per heavy atom. The van der Waals surface area contributed by atoms with Crippen LogP contribution in [0.2, 0.25) is 0 Å². The Labute approximate surface area is 249 Å². The van der Waals surface area contributed by atoms with Crippen molar-refractivity contribution in [2.24, 2.45) is 5.92 Å². The standard InChI is InChI=1S/C29H20F3N3O6S2/c30-29(31,32)15-4-2-5-17(12-15)35-26(38)22-21(23-25(34-28(40)43-23)42-24(22)27(35)39)14-3-1-6-19(11-14)41-13-20(37)33-16-7-9-18(36)10-8-16/h1-12,21-22,24,36H,13H2,(H,33,37)(H,34,40)/t21-,22?,24?/m1/s1. The first-order valence-corrected chi connectivity index (χ1v) is 14.5. The highest BCUT2D eigenvalue weighted by molar-refractivity contribution is 8.00. The van der Waals surface area contributed by atoms with Gasteiger partial charge in [-0.25, -0.2) is 4.90 Å². The number of ether oxygens (including phenoxy) is 1. The van der Waals surface area contributed by atoms with Crippen molar-refractivity contribution in [3.63, 3.8) is 0 Å². The van der Waals surface area contributed by atoms with Gasteiger partial charge in [0.2, 0.25) is 11.8 Å². The minimum absolute atomic E-state index is 0.0467. The molecule has 0 bridgehead atoms. The number of carbonyl (C=O) groups is 3. The van der Waals surface area contributed by atoms with E-state index in [9.17, 15) is 37.5 Å². The number of thioether (sulfide) groups is 1. The van der Waals surface area contributed by atoms with E-state index in [4.69, 9.17) is 4.74 Å². The first kappa shape index (κ1) is 28.6. The number of imide groups is 1. The van der Waals surface area contributed by atoms with E-state index in [1.165, 1.54) is 30.3 Å². The third-order valence-corrected chi connectivity index (χ3v) is 9.39. The number of carbonyl (C=O) groups excluding carboxylic acids is 3. The maximum absolute atomic E-state index is 13.8. The van der Waals surface area contributed by atoms with Crippen LogP contribution in [-0.2, 0) is 20.6 Å². The molecule has 1 fully saturated rings. The number of aromatic nitrogens is 1. The lowest BCUT2D eigenvalue weighted by atomic mass is 9.83. The van der Waals surface area contributed by atoms with Crippen LogP contribution < -0.4 is 19.8 Å². The lowest BCUT2D eigenvalue weighted by Gasteiger charge is -2.30. The normalized spacial score (nSPS) is 19.6. The van der Waals surface area contributed by atoms with Crippen molar-refractivity contribution in [2.75, 3.05) is 16.8 Å². The van der Waals surface area contributed by atoms with Gasteiger partial charge in [-0.1, -0.05) is 41.3 Å². The summed E-state index contributed by atoms with van der Waals surface area (Å²) in [5.41, 5.74) is -0.203. The number of aromatic amines is 1. The van der Waals surface area contributed by atoms with E-state index in [-0.39, 0.29) is 28.7 Å². The molecule has 0 aliphatic carbocycles. The van der Waals surface area contributed by atoms with E-state index in [0.717, 1.165) is 46.2 Å². The minimum atomic E-state index is -4.67. The highest BCUT2D eigenvalue weighted by Gasteiger charge is 2.56. The average Bonchev–Trinajstić information content (AvgIpc) is 3.47. The maximum atomic E-state index is 13.8. The average molecular weight is 628 g/mol. The van der Waals surface area contributed by atoms with Crippen LogP contribution >= 0.6 is 23.1 Å². The fourth-order valence-corrected chi connectivity index (χ4v) is 7.66. The van der Waals surface area contributed by atoms with Gasteiger partial charge < -0.3 is 20.1 Å². The number of aromatic hydroxyl groups is 1. The molecule has 0 spiro atoms. The van der Waals surface area contributed by atoms with Gasteiger partial charge in [0.1, 0.15) is 16.7 Å². The topological polar surface area (TPSA) is 129 Å². The van der Waals surface area contributed by atoms with E-state index in [0.29, 0.717) is 21.2 Å². The number of H-pyrrole nitrogens is 1. The van der Waals surface area contributed by atoms with Gasteiger partial charge in [0.15, 0.2) is 6.61 Å². The van der Waals surface area contributed by atoms with Crippen LogP contribution in [0.25, 0.3) is 0 Å². The first-order chi connectivity index (χ1) is 20.5. The number of thiazole rings is 1. The number of alkyl halides is 3. The Balaban J connectivity index is 1.29. The molecule has 0 radical (unpaired) electrons. The molecule has 220 valence electrons. The number of rotatable bonds is 6. The summed E-state index contributed by atoms with van der Waals surface area (Å²) in [6.45, 7) is -0.361. The number of phenolic OH excluding ortho intramolecular Hbond substituents is 1. The summed E-state index contributed by atoms with van der Waals surface area (Å²) in [6.07, 6.45) is -4.67. The number of anilines is 2. The second-order valence-corrected chi connectivity index (χ2v) is 11.9. The fraction of sp³-hybridized carbons (Fsp3) is 0.172. The van der Waals surface area contributed by atoms with Crippen molar-refractivity contribution in [3.8, 4) is 11.5 Å². The number of amides is 3. The molecule has 6 rings (SSSR count). The molecule has 1 saturated heterocycles. The lowest BCUT2D eigenvalue weighted by Crippen LogP contribution is -2.32. The summed E-state index contributed by atoms with van der Waals surface area (Å²) >= 11 is 1.90. The zero-order valence-corrected chi connectivity index (χ0v) is 23.4. The number of fused-ring (bicyclic) bond motifs is 2. The smallest absolute Gasteiger partial charge is 0.416 e. The SMILES string of the molecule is O=C(COc1cccc([C@H]2c3sc(=O)[nH]c3SC3C(=O)N(c4cccc(C(F)(F)F)c4)C(=O)C32)c1)Nc1ccc(O)cc1. The zero-order chi connectivity index (χ0) is 30.5. The Bertz CT molecular complexity index is 1800. The van der Waals surface area contributed by atoms with Gasteiger partial charge in [-0.2, -0.15) is 13.2 Å². The largest absolute Gasteiger partial charge is 0.508 e. The number of hydrogen-bond donors (Lipinski definition) is 3. The Morgan fingerprint density at radius 1 is 1.00 bits per heavy atom. The summed E-state index contributed by atoms with van der Waals surface area (Å²) in [4.78, 5) is 55.8. The predicted molar refractivity (Wildman–Crippen MR) is 153 cm³/mol. The zero-order valence-electron chi connectivity index (χ0n) is 21.8. The number of nitrogens with one attached hydrogen (secondary N) is 2. The number of phenols is 1. The van der Waals surface area contributed by atoms with E-state index in [2.05, 4.69) is 10.3 Å². The number of benzene rings is 3. The Kier molecular flexibility index (Phi) is 7.26. The summed E-state index contributed by atoms with van der Waals surface area (Å²) in [6, 6.07) is 16.5. The maximum Gasteiger partial charge on any atom is 0.416 e. The second-order valence-electron chi connectivity index (χ2n) is 9.77. The molecule has 14 heteroatoms. The summed E-state index contributed by atoms with van der Waals surface area (Å²) < 4.78 is 45.9. The molecule has 9 nitrogen and oxygen atoms in total. The molecule has 2 aliphatic rings. The molecule has 4 aromatic rings. The van der Waals surface area contributed by atoms with Crippen molar-refractivity contribution < 1.29 is 37.4 Å². The van der Waals surface area contributed by atoms with Crippen LogP contribution in [0.3, 0.4) is 0 Å². The highest BCUT2D eigenvalue weighted by Crippen LogP contribution is 2.53. The van der Waals surface area contributed by atoms with Crippen LogP contribution in [0.1, 0.15) is 21.9 Å². The van der Waals surface area contributed by atoms with Crippen molar-refractivity contribution >= 4 is 52.2 Å². The quantitative estimate of drug-likeness (QED) is 0.203. The van der Waals surface area contributed by atoms with Gasteiger partial charge >= 0.3 is 11.0 Å².